The molecule has 6 nitrogen and oxygen atoms in total. The van der Waals surface area contributed by atoms with Crippen LogP contribution in [0, 0.1) is 11.3 Å². The summed E-state index contributed by atoms with van der Waals surface area (Å²) in [6.07, 6.45) is 1.83. The molecule has 0 bridgehead atoms. The summed E-state index contributed by atoms with van der Waals surface area (Å²) < 4.78 is 5.00. The van der Waals surface area contributed by atoms with E-state index >= 15 is 0 Å². The largest absolute Gasteiger partial charge is 0.394 e. The van der Waals surface area contributed by atoms with E-state index in [4.69, 9.17) is 27.3 Å². The predicted octanol–water partition coefficient (Wildman–Crippen LogP) is 1.08. The lowest BCUT2D eigenvalue weighted by Crippen LogP contribution is -2.30. The van der Waals surface area contributed by atoms with Gasteiger partial charge in [-0.05, 0) is 11.6 Å². The van der Waals surface area contributed by atoms with Crippen LogP contribution >= 0.6 is 11.6 Å². The van der Waals surface area contributed by atoms with Crippen molar-refractivity contribution >= 4 is 23.1 Å². The van der Waals surface area contributed by atoms with Crippen LogP contribution in [-0.2, 0) is 4.74 Å². The Morgan fingerprint density at radius 2 is 2.35 bits per heavy atom. The van der Waals surface area contributed by atoms with Crippen LogP contribution in [0.4, 0.5) is 11.5 Å². The van der Waals surface area contributed by atoms with Gasteiger partial charge in [-0.25, -0.2) is 4.98 Å². The smallest absolute Gasteiger partial charge is 0.224 e. The number of nitrogens with zero attached hydrogens (tertiary/aromatic N) is 4. The van der Waals surface area contributed by atoms with Crippen molar-refractivity contribution in [2.45, 2.75) is 6.42 Å². The van der Waals surface area contributed by atoms with E-state index in [9.17, 15) is 0 Å². The fraction of sp³-hybridized carbons (Fsp3) is 0.500. The number of anilines is 2. The standard InChI is InChI=1S/C10H14ClN5O/c1-17-6-5-16(4-2-3-12)9-8(13)7-14-10(11)15-9/h7H,2,4-6,13H2,1H3. The second-order valence-corrected chi connectivity index (χ2v) is 3.64. The van der Waals surface area contributed by atoms with Crippen molar-refractivity contribution in [3.05, 3.63) is 11.5 Å². The lowest BCUT2D eigenvalue weighted by molar-refractivity contribution is 0.205. The van der Waals surface area contributed by atoms with Gasteiger partial charge in [0.15, 0.2) is 5.82 Å². The number of hydrogen-bond acceptors (Lipinski definition) is 6. The third-order valence-corrected chi connectivity index (χ3v) is 2.31. The summed E-state index contributed by atoms with van der Waals surface area (Å²) in [7, 11) is 1.61. The van der Waals surface area contributed by atoms with Gasteiger partial charge >= 0.3 is 0 Å². The zero-order chi connectivity index (χ0) is 12.7. The highest BCUT2D eigenvalue weighted by atomic mass is 35.5. The molecular weight excluding hydrogens is 242 g/mol. The van der Waals surface area contributed by atoms with Crippen LogP contribution < -0.4 is 10.6 Å². The summed E-state index contributed by atoms with van der Waals surface area (Å²) in [4.78, 5) is 9.71. The zero-order valence-corrected chi connectivity index (χ0v) is 10.3. The monoisotopic (exact) mass is 255 g/mol. The molecular formula is C10H14ClN5O. The molecule has 17 heavy (non-hydrogen) atoms. The number of nitriles is 1. The molecule has 0 spiro atoms. The SMILES string of the molecule is COCCN(CCC#N)c1nc(Cl)ncc1N. The van der Waals surface area contributed by atoms with Crippen LogP contribution in [-0.4, -0.2) is 36.8 Å². The Bertz CT molecular complexity index is 406. The minimum Gasteiger partial charge on any atom is -0.394 e. The Balaban J connectivity index is 2.86. The van der Waals surface area contributed by atoms with Crippen LogP contribution in [0.5, 0.6) is 0 Å². The molecule has 1 aromatic heterocycles. The molecule has 1 rings (SSSR count). The molecule has 0 fully saturated rings. The second kappa shape index (κ2) is 6.89. The molecule has 2 N–H and O–H groups in total. The fourth-order valence-electron chi connectivity index (χ4n) is 1.32. The molecule has 0 unspecified atom stereocenters. The first-order chi connectivity index (χ1) is 8.19. The average molecular weight is 256 g/mol. The molecule has 0 amide bonds. The zero-order valence-electron chi connectivity index (χ0n) is 9.56. The highest BCUT2D eigenvalue weighted by molar-refractivity contribution is 6.28. The maximum absolute atomic E-state index is 8.61. The number of nitrogen functional groups attached to an aromatic ring is 1. The van der Waals surface area contributed by atoms with E-state index in [1.165, 1.54) is 6.20 Å². The van der Waals surface area contributed by atoms with Crippen LogP contribution in [0.15, 0.2) is 6.20 Å². The molecule has 92 valence electrons. The molecule has 0 aliphatic rings. The van der Waals surface area contributed by atoms with Crippen molar-refractivity contribution in [1.29, 1.82) is 5.26 Å². The number of aromatic nitrogens is 2. The maximum atomic E-state index is 8.61. The minimum atomic E-state index is 0.133. The molecule has 0 aliphatic heterocycles. The molecule has 1 heterocycles. The van der Waals surface area contributed by atoms with Crippen LogP contribution in [0.2, 0.25) is 5.28 Å². The van der Waals surface area contributed by atoms with Crippen molar-refractivity contribution in [2.75, 3.05) is 37.4 Å². The van der Waals surface area contributed by atoms with Gasteiger partial charge in [0.2, 0.25) is 5.28 Å². The van der Waals surface area contributed by atoms with E-state index in [2.05, 4.69) is 16.0 Å². The molecule has 0 atom stereocenters. The summed E-state index contributed by atoms with van der Waals surface area (Å²) in [5.74, 6) is 0.539. The third-order valence-electron chi connectivity index (χ3n) is 2.12. The van der Waals surface area contributed by atoms with E-state index in [1.807, 2.05) is 4.90 Å². The van der Waals surface area contributed by atoms with Gasteiger partial charge in [0, 0.05) is 20.2 Å². The molecule has 0 aliphatic carbocycles. The summed E-state index contributed by atoms with van der Waals surface area (Å²) in [5, 5.41) is 8.75. The highest BCUT2D eigenvalue weighted by Crippen LogP contribution is 2.20. The Morgan fingerprint density at radius 3 is 3.00 bits per heavy atom. The van der Waals surface area contributed by atoms with Gasteiger partial charge in [-0.3, -0.25) is 0 Å². The predicted molar refractivity (Wildman–Crippen MR) is 65.8 cm³/mol. The molecule has 0 saturated carbocycles. The van der Waals surface area contributed by atoms with Gasteiger partial charge in [0.25, 0.3) is 0 Å². The normalized spacial score (nSPS) is 9.94. The van der Waals surface area contributed by atoms with Gasteiger partial charge in [0.05, 0.1) is 31.0 Å². The third kappa shape index (κ3) is 4.06. The lowest BCUT2D eigenvalue weighted by atomic mass is 10.3. The number of ether oxygens (including phenoxy) is 1. The van der Waals surface area contributed by atoms with Gasteiger partial charge in [-0.15, -0.1) is 0 Å². The number of nitrogens with two attached hydrogens (primary N) is 1. The molecule has 0 saturated heterocycles. The van der Waals surface area contributed by atoms with Gasteiger partial charge in [-0.2, -0.15) is 10.2 Å². The van der Waals surface area contributed by atoms with E-state index in [-0.39, 0.29) is 5.28 Å². The van der Waals surface area contributed by atoms with Gasteiger partial charge in [0.1, 0.15) is 0 Å². The summed E-state index contributed by atoms with van der Waals surface area (Å²) >= 11 is 5.73. The first-order valence-corrected chi connectivity index (χ1v) is 5.45. The van der Waals surface area contributed by atoms with Crippen LogP contribution in [0.3, 0.4) is 0 Å². The maximum Gasteiger partial charge on any atom is 0.224 e. The average Bonchev–Trinajstić information content (AvgIpc) is 2.33. The van der Waals surface area contributed by atoms with Crippen molar-refractivity contribution in [1.82, 2.24) is 9.97 Å². The topological polar surface area (TPSA) is 88.1 Å². The first-order valence-electron chi connectivity index (χ1n) is 5.08. The molecule has 0 aromatic carbocycles. The fourth-order valence-corrected chi connectivity index (χ4v) is 1.45. The van der Waals surface area contributed by atoms with Crippen molar-refractivity contribution in [3.8, 4) is 6.07 Å². The quantitative estimate of drug-likeness (QED) is 0.765. The van der Waals surface area contributed by atoms with Crippen LogP contribution in [0.1, 0.15) is 6.42 Å². The van der Waals surface area contributed by atoms with Crippen molar-refractivity contribution in [2.24, 2.45) is 0 Å². The highest BCUT2D eigenvalue weighted by Gasteiger charge is 2.12. The molecule has 1 aromatic rings. The minimum absolute atomic E-state index is 0.133. The molecule has 7 heteroatoms. The Kier molecular flexibility index (Phi) is 5.46. The van der Waals surface area contributed by atoms with E-state index in [1.54, 1.807) is 7.11 Å². The van der Waals surface area contributed by atoms with Gasteiger partial charge < -0.3 is 15.4 Å². The number of methoxy groups -OCH3 is 1. The van der Waals surface area contributed by atoms with Crippen molar-refractivity contribution < 1.29 is 4.74 Å². The van der Waals surface area contributed by atoms with Crippen LogP contribution in [0.25, 0.3) is 0 Å². The summed E-state index contributed by atoms with van der Waals surface area (Å²) in [5.41, 5.74) is 6.22. The van der Waals surface area contributed by atoms with Gasteiger partial charge in [-0.1, -0.05) is 0 Å². The van der Waals surface area contributed by atoms with E-state index in [0.717, 1.165) is 0 Å². The number of hydrogen-bond donors (Lipinski definition) is 1. The number of rotatable bonds is 6. The lowest BCUT2D eigenvalue weighted by Gasteiger charge is -2.23. The molecule has 0 radical (unpaired) electrons. The number of halogens is 1. The second-order valence-electron chi connectivity index (χ2n) is 3.31. The van der Waals surface area contributed by atoms with Crippen molar-refractivity contribution in [3.63, 3.8) is 0 Å². The Hall–Kier alpha value is -1.58. The summed E-state index contributed by atoms with van der Waals surface area (Å²) in [6, 6.07) is 2.08. The Morgan fingerprint density at radius 1 is 1.59 bits per heavy atom. The summed E-state index contributed by atoms with van der Waals surface area (Å²) in [6.45, 7) is 1.64. The Labute approximate surface area is 105 Å². The van der Waals surface area contributed by atoms with E-state index in [0.29, 0.717) is 37.6 Å². The van der Waals surface area contributed by atoms with E-state index < -0.39 is 0 Å². The first kappa shape index (κ1) is 13.5.